The minimum atomic E-state index is -0.0794. The predicted octanol–water partition coefficient (Wildman–Crippen LogP) is 3.21. The molecule has 2 bridgehead atoms. The number of hydrogen-bond donors (Lipinski definition) is 1. The SMILES string of the molecule is Cc1nc2ccc(NC3=NO[C@@]4(C3)CN3CCC4CC3)cc2s1. The number of oxime groups is 1. The Bertz CT molecular complexity index is 793. The Hall–Kier alpha value is -1.66. The number of thiazole rings is 1. The fourth-order valence-corrected chi connectivity index (χ4v) is 5.14. The van der Waals surface area contributed by atoms with Gasteiger partial charge >= 0.3 is 0 Å². The highest BCUT2D eigenvalue weighted by Gasteiger charge is 2.52. The lowest BCUT2D eigenvalue weighted by Gasteiger charge is -2.49. The average molecular weight is 328 g/mol. The summed E-state index contributed by atoms with van der Waals surface area (Å²) in [6.07, 6.45) is 3.39. The molecule has 1 N–H and O–H groups in total. The quantitative estimate of drug-likeness (QED) is 0.873. The van der Waals surface area contributed by atoms with Crippen LogP contribution in [0, 0.1) is 12.8 Å². The Balaban J connectivity index is 1.35. The van der Waals surface area contributed by atoms with Crippen molar-refractivity contribution in [2.45, 2.75) is 31.8 Å². The highest BCUT2D eigenvalue weighted by Crippen LogP contribution is 2.43. The highest BCUT2D eigenvalue weighted by atomic mass is 32.1. The van der Waals surface area contributed by atoms with Crippen LogP contribution in [0.25, 0.3) is 10.2 Å². The molecule has 23 heavy (non-hydrogen) atoms. The number of fused-ring (bicyclic) bond motifs is 3. The number of aromatic nitrogens is 1. The van der Waals surface area contributed by atoms with E-state index < -0.39 is 0 Å². The third-order valence-corrected chi connectivity index (χ3v) is 6.34. The first kappa shape index (κ1) is 13.7. The van der Waals surface area contributed by atoms with Crippen molar-refractivity contribution in [2.75, 3.05) is 25.0 Å². The van der Waals surface area contributed by atoms with Crippen LogP contribution < -0.4 is 5.32 Å². The zero-order chi connectivity index (χ0) is 15.4. The van der Waals surface area contributed by atoms with Crippen LogP contribution in [0.3, 0.4) is 0 Å². The van der Waals surface area contributed by atoms with Gasteiger partial charge in [0.15, 0.2) is 11.4 Å². The molecule has 0 radical (unpaired) electrons. The number of piperidine rings is 3. The van der Waals surface area contributed by atoms with E-state index in [1.54, 1.807) is 11.3 Å². The fourth-order valence-electron chi connectivity index (χ4n) is 4.27. The molecule has 3 saturated heterocycles. The smallest absolute Gasteiger partial charge is 0.160 e. The first-order valence-electron chi connectivity index (χ1n) is 8.32. The van der Waals surface area contributed by atoms with Gasteiger partial charge in [0.05, 0.1) is 21.6 Å². The summed E-state index contributed by atoms with van der Waals surface area (Å²) in [4.78, 5) is 13.0. The van der Waals surface area contributed by atoms with Gasteiger partial charge in [-0.1, -0.05) is 5.16 Å². The molecule has 0 saturated carbocycles. The van der Waals surface area contributed by atoms with Crippen LogP contribution in [0.15, 0.2) is 23.4 Å². The number of amidine groups is 1. The van der Waals surface area contributed by atoms with Crippen LogP contribution in [0.2, 0.25) is 0 Å². The largest absolute Gasteiger partial charge is 0.386 e. The van der Waals surface area contributed by atoms with Crippen molar-refractivity contribution in [1.82, 2.24) is 9.88 Å². The van der Waals surface area contributed by atoms with E-state index in [9.17, 15) is 0 Å². The molecule has 1 spiro atoms. The summed E-state index contributed by atoms with van der Waals surface area (Å²) in [5, 5.41) is 8.94. The highest BCUT2D eigenvalue weighted by molar-refractivity contribution is 7.18. The van der Waals surface area contributed by atoms with E-state index in [4.69, 9.17) is 4.84 Å². The van der Waals surface area contributed by atoms with Gasteiger partial charge in [0.1, 0.15) is 0 Å². The standard InChI is InChI=1S/C17H20N4OS/c1-11-18-14-3-2-13(8-15(14)23-11)19-16-9-17(22-20-16)10-21-6-4-12(17)5-7-21/h2-3,8,12H,4-7,9-10H2,1H3,(H,19,20)/t17-/m0/s1. The summed E-state index contributed by atoms with van der Waals surface area (Å²) < 4.78 is 1.21. The summed E-state index contributed by atoms with van der Waals surface area (Å²) in [7, 11) is 0. The van der Waals surface area contributed by atoms with Crippen molar-refractivity contribution in [2.24, 2.45) is 11.1 Å². The normalized spacial score (nSPS) is 32.3. The first-order valence-corrected chi connectivity index (χ1v) is 9.13. The molecule has 1 aromatic heterocycles. The Morgan fingerprint density at radius 3 is 3.00 bits per heavy atom. The molecule has 5 heterocycles. The van der Waals surface area contributed by atoms with Gasteiger partial charge in [0.2, 0.25) is 0 Å². The van der Waals surface area contributed by atoms with Crippen molar-refractivity contribution >= 4 is 33.1 Å². The summed E-state index contributed by atoms with van der Waals surface area (Å²) in [5.74, 6) is 1.61. The van der Waals surface area contributed by atoms with Crippen LogP contribution in [0.1, 0.15) is 24.3 Å². The van der Waals surface area contributed by atoms with Crippen LogP contribution in [-0.4, -0.2) is 41.0 Å². The van der Waals surface area contributed by atoms with E-state index in [1.807, 2.05) is 6.92 Å². The number of anilines is 1. The van der Waals surface area contributed by atoms with Gasteiger partial charge in [-0.3, -0.25) is 4.90 Å². The topological polar surface area (TPSA) is 49.8 Å². The van der Waals surface area contributed by atoms with Gasteiger partial charge < -0.3 is 10.2 Å². The Morgan fingerprint density at radius 1 is 1.35 bits per heavy atom. The number of hydrogen-bond acceptors (Lipinski definition) is 6. The second-order valence-electron chi connectivity index (χ2n) is 6.96. The zero-order valence-corrected chi connectivity index (χ0v) is 14.0. The lowest BCUT2D eigenvalue weighted by atomic mass is 9.73. The molecule has 120 valence electrons. The number of nitrogens with one attached hydrogen (secondary N) is 1. The maximum absolute atomic E-state index is 5.97. The molecule has 0 amide bonds. The molecule has 0 unspecified atom stereocenters. The van der Waals surface area contributed by atoms with Gasteiger partial charge in [-0.05, 0) is 51.1 Å². The Kier molecular flexibility index (Phi) is 2.94. The van der Waals surface area contributed by atoms with Crippen LogP contribution in [-0.2, 0) is 4.84 Å². The number of benzene rings is 1. The third-order valence-electron chi connectivity index (χ3n) is 5.41. The number of rotatable bonds is 1. The van der Waals surface area contributed by atoms with Gasteiger partial charge in [-0.15, -0.1) is 11.3 Å². The van der Waals surface area contributed by atoms with Crippen molar-refractivity contribution in [3.8, 4) is 0 Å². The summed E-state index contributed by atoms with van der Waals surface area (Å²) in [5.41, 5.74) is 2.06. The van der Waals surface area contributed by atoms with Crippen molar-refractivity contribution in [3.05, 3.63) is 23.2 Å². The van der Waals surface area contributed by atoms with E-state index >= 15 is 0 Å². The third kappa shape index (κ3) is 2.23. The second kappa shape index (κ2) is 4.92. The van der Waals surface area contributed by atoms with E-state index in [1.165, 1.54) is 30.6 Å². The molecule has 1 aromatic carbocycles. The molecule has 6 rings (SSSR count). The molecule has 2 aromatic rings. The minimum absolute atomic E-state index is 0.0794. The van der Waals surface area contributed by atoms with Gasteiger partial charge in [0.25, 0.3) is 0 Å². The van der Waals surface area contributed by atoms with Crippen molar-refractivity contribution in [1.29, 1.82) is 0 Å². The first-order chi connectivity index (χ1) is 11.2. The number of nitrogens with zero attached hydrogens (tertiary/aromatic N) is 3. The molecular weight excluding hydrogens is 308 g/mol. The minimum Gasteiger partial charge on any atom is -0.386 e. The Morgan fingerprint density at radius 2 is 2.22 bits per heavy atom. The fraction of sp³-hybridized carbons (Fsp3) is 0.529. The molecule has 3 fully saturated rings. The average Bonchev–Trinajstić information content (AvgIpc) is 3.11. The molecule has 6 heteroatoms. The van der Waals surface area contributed by atoms with Crippen LogP contribution >= 0.6 is 11.3 Å². The van der Waals surface area contributed by atoms with Crippen molar-refractivity contribution < 1.29 is 4.84 Å². The van der Waals surface area contributed by atoms with E-state index in [-0.39, 0.29) is 5.60 Å². The molecule has 0 aliphatic carbocycles. The lowest BCUT2D eigenvalue weighted by Crippen LogP contribution is -2.59. The maximum Gasteiger partial charge on any atom is 0.160 e. The monoisotopic (exact) mass is 328 g/mol. The second-order valence-corrected chi connectivity index (χ2v) is 8.20. The summed E-state index contributed by atoms with van der Waals surface area (Å²) in [6.45, 7) is 5.52. The van der Waals surface area contributed by atoms with Crippen LogP contribution in [0.4, 0.5) is 5.69 Å². The maximum atomic E-state index is 5.97. The summed E-state index contributed by atoms with van der Waals surface area (Å²) >= 11 is 1.73. The lowest BCUT2D eigenvalue weighted by molar-refractivity contribution is -0.136. The molecule has 1 atom stereocenters. The van der Waals surface area contributed by atoms with Gasteiger partial charge in [-0.25, -0.2) is 4.98 Å². The predicted molar refractivity (Wildman–Crippen MR) is 93.0 cm³/mol. The van der Waals surface area contributed by atoms with Gasteiger partial charge in [0, 0.05) is 18.2 Å². The van der Waals surface area contributed by atoms with Gasteiger partial charge in [-0.2, -0.15) is 0 Å². The Labute approximate surface area is 139 Å². The molecule has 5 nitrogen and oxygen atoms in total. The molecular formula is C17H20N4OS. The van der Waals surface area contributed by atoms with E-state index in [0.29, 0.717) is 5.92 Å². The molecule has 4 aliphatic rings. The van der Waals surface area contributed by atoms with E-state index in [0.717, 1.165) is 35.0 Å². The zero-order valence-electron chi connectivity index (χ0n) is 13.2. The van der Waals surface area contributed by atoms with Crippen molar-refractivity contribution in [3.63, 3.8) is 0 Å². The van der Waals surface area contributed by atoms with E-state index in [2.05, 4.69) is 38.6 Å². The molecule has 4 aliphatic heterocycles. The number of aryl methyl sites for hydroxylation is 1. The summed E-state index contributed by atoms with van der Waals surface area (Å²) in [6, 6.07) is 6.30. The van der Waals surface area contributed by atoms with Crippen LogP contribution in [0.5, 0.6) is 0 Å².